The average Bonchev–Trinajstić information content (AvgIpc) is 2.28. The van der Waals surface area contributed by atoms with Gasteiger partial charge in [0.1, 0.15) is 6.04 Å². The molecule has 0 aliphatic rings. The third-order valence-electron chi connectivity index (χ3n) is 1.97. The maximum absolute atomic E-state index is 11.1. The van der Waals surface area contributed by atoms with Gasteiger partial charge in [0.15, 0.2) is 0 Å². The van der Waals surface area contributed by atoms with E-state index in [4.69, 9.17) is 10.5 Å². The van der Waals surface area contributed by atoms with Gasteiger partial charge in [0.2, 0.25) is 5.88 Å². The van der Waals surface area contributed by atoms with Gasteiger partial charge in [0.05, 0.1) is 14.2 Å². The Labute approximate surface area is 88.2 Å². The second-order valence-electron chi connectivity index (χ2n) is 3.04. The van der Waals surface area contributed by atoms with Gasteiger partial charge < -0.3 is 15.2 Å². The van der Waals surface area contributed by atoms with Gasteiger partial charge in [-0.15, -0.1) is 0 Å². The van der Waals surface area contributed by atoms with E-state index in [1.807, 2.05) is 0 Å². The van der Waals surface area contributed by atoms with Crippen molar-refractivity contribution in [2.45, 2.75) is 12.5 Å². The van der Waals surface area contributed by atoms with Crippen molar-refractivity contribution in [1.29, 1.82) is 0 Å². The van der Waals surface area contributed by atoms with E-state index in [1.54, 1.807) is 18.3 Å². The van der Waals surface area contributed by atoms with Crippen molar-refractivity contribution in [3.8, 4) is 5.88 Å². The summed E-state index contributed by atoms with van der Waals surface area (Å²) in [6.07, 6.45) is 2.02. The van der Waals surface area contributed by atoms with Crippen molar-refractivity contribution in [1.82, 2.24) is 4.98 Å². The molecule has 0 fully saturated rings. The molecule has 0 amide bonds. The monoisotopic (exact) mass is 210 g/mol. The molecule has 1 heterocycles. The van der Waals surface area contributed by atoms with Crippen LogP contribution < -0.4 is 10.5 Å². The number of esters is 1. The first-order valence-electron chi connectivity index (χ1n) is 4.49. The molecule has 1 atom stereocenters. The molecule has 0 bridgehead atoms. The number of rotatable bonds is 4. The van der Waals surface area contributed by atoms with Crippen LogP contribution in [0.2, 0.25) is 0 Å². The number of methoxy groups -OCH3 is 2. The largest absolute Gasteiger partial charge is 0.481 e. The predicted molar refractivity (Wildman–Crippen MR) is 54.5 cm³/mol. The zero-order chi connectivity index (χ0) is 11.3. The Kier molecular flexibility index (Phi) is 4.05. The van der Waals surface area contributed by atoms with Gasteiger partial charge in [-0.1, -0.05) is 0 Å². The molecule has 1 aromatic heterocycles. The fourth-order valence-electron chi connectivity index (χ4n) is 1.18. The fourth-order valence-corrected chi connectivity index (χ4v) is 1.18. The molecule has 0 aromatic carbocycles. The zero-order valence-electron chi connectivity index (χ0n) is 8.77. The number of hydrogen-bond acceptors (Lipinski definition) is 5. The van der Waals surface area contributed by atoms with Crippen LogP contribution in [-0.2, 0) is 16.0 Å². The highest BCUT2D eigenvalue weighted by molar-refractivity contribution is 5.75. The summed E-state index contributed by atoms with van der Waals surface area (Å²) in [5.41, 5.74) is 6.50. The van der Waals surface area contributed by atoms with Crippen LogP contribution in [0, 0.1) is 0 Å². The number of aromatic nitrogens is 1. The van der Waals surface area contributed by atoms with E-state index in [0.717, 1.165) is 5.56 Å². The summed E-state index contributed by atoms with van der Waals surface area (Å²) in [5, 5.41) is 0. The molecule has 5 heteroatoms. The summed E-state index contributed by atoms with van der Waals surface area (Å²) in [4.78, 5) is 15.0. The van der Waals surface area contributed by atoms with Crippen LogP contribution in [0.25, 0.3) is 0 Å². The Balaban J connectivity index is 2.67. The van der Waals surface area contributed by atoms with E-state index in [1.165, 1.54) is 14.2 Å². The summed E-state index contributed by atoms with van der Waals surface area (Å²) in [6, 6.07) is 2.87. The van der Waals surface area contributed by atoms with Gasteiger partial charge in [0.25, 0.3) is 0 Å². The van der Waals surface area contributed by atoms with E-state index >= 15 is 0 Å². The van der Waals surface area contributed by atoms with Crippen LogP contribution in [0.3, 0.4) is 0 Å². The smallest absolute Gasteiger partial charge is 0.322 e. The fraction of sp³-hybridized carbons (Fsp3) is 0.400. The number of hydrogen-bond donors (Lipinski definition) is 1. The van der Waals surface area contributed by atoms with Crippen LogP contribution in [0.5, 0.6) is 5.88 Å². The minimum atomic E-state index is -0.651. The predicted octanol–water partition coefficient (Wildman–Crippen LogP) is 0.133. The molecule has 0 saturated carbocycles. The van der Waals surface area contributed by atoms with Gasteiger partial charge >= 0.3 is 5.97 Å². The number of carbonyl (C=O) groups is 1. The average molecular weight is 210 g/mol. The van der Waals surface area contributed by atoms with Gasteiger partial charge in [-0.25, -0.2) is 4.98 Å². The minimum Gasteiger partial charge on any atom is -0.481 e. The lowest BCUT2D eigenvalue weighted by atomic mass is 10.1. The SMILES string of the molecule is COC(=O)C(N)Cc1ccnc(OC)c1. The molecule has 15 heavy (non-hydrogen) atoms. The number of ether oxygens (including phenoxy) is 2. The molecule has 0 spiro atoms. The quantitative estimate of drug-likeness (QED) is 0.715. The Hall–Kier alpha value is -1.62. The van der Waals surface area contributed by atoms with E-state index in [0.29, 0.717) is 12.3 Å². The van der Waals surface area contributed by atoms with Crippen molar-refractivity contribution < 1.29 is 14.3 Å². The Morgan fingerprint density at radius 1 is 1.60 bits per heavy atom. The Morgan fingerprint density at radius 2 is 2.33 bits per heavy atom. The molecule has 5 nitrogen and oxygen atoms in total. The zero-order valence-corrected chi connectivity index (χ0v) is 8.77. The maximum atomic E-state index is 11.1. The number of carbonyl (C=O) groups excluding carboxylic acids is 1. The molecule has 1 unspecified atom stereocenters. The van der Waals surface area contributed by atoms with Crippen molar-refractivity contribution in [2.24, 2.45) is 5.73 Å². The van der Waals surface area contributed by atoms with Crippen LogP contribution in [0.15, 0.2) is 18.3 Å². The molecule has 0 aliphatic heterocycles. The Morgan fingerprint density at radius 3 is 2.93 bits per heavy atom. The molecule has 1 rings (SSSR count). The number of pyridine rings is 1. The molecule has 82 valence electrons. The van der Waals surface area contributed by atoms with Crippen molar-refractivity contribution in [3.05, 3.63) is 23.9 Å². The van der Waals surface area contributed by atoms with E-state index in [-0.39, 0.29) is 0 Å². The summed E-state index contributed by atoms with van der Waals surface area (Å²) >= 11 is 0. The molecular weight excluding hydrogens is 196 g/mol. The van der Waals surface area contributed by atoms with E-state index in [2.05, 4.69) is 9.72 Å². The van der Waals surface area contributed by atoms with Gasteiger partial charge in [0, 0.05) is 12.3 Å². The molecule has 1 aromatic rings. The molecule has 0 aliphatic carbocycles. The van der Waals surface area contributed by atoms with Crippen molar-refractivity contribution in [3.63, 3.8) is 0 Å². The van der Waals surface area contributed by atoms with Crippen LogP contribution in [-0.4, -0.2) is 31.2 Å². The number of nitrogens with zero attached hydrogens (tertiary/aromatic N) is 1. The molecular formula is C10H14N2O3. The topological polar surface area (TPSA) is 74.4 Å². The van der Waals surface area contributed by atoms with Gasteiger partial charge in [-0.2, -0.15) is 0 Å². The van der Waals surface area contributed by atoms with E-state index < -0.39 is 12.0 Å². The minimum absolute atomic E-state index is 0.408. The lowest BCUT2D eigenvalue weighted by Crippen LogP contribution is -2.33. The highest BCUT2D eigenvalue weighted by Gasteiger charge is 2.14. The lowest BCUT2D eigenvalue weighted by molar-refractivity contribution is -0.142. The first kappa shape index (κ1) is 11.5. The Bertz CT molecular complexity index is 341. The maximum Gasteiger partial charge on any atom is 0.322 e. The standard InChI is InChI=1S/C10H14N2O3/c1-14-9-6-7(3-4-12-9)5-8(11)10(13)15-2/h3-4,6,8H,5,11H2,1-2H3. The van der Waals surface area contributed by atoms with Gasteiger partial charge in [-0.3, -0.25) is 4.79 Å². The molecule has 2 N–H and O–H groups in total. The second kappa shape index (κ2) is 5.31. The summed E-state index contributed by atoms with van der Waals surface area (Å²) in [7, 11) is 2.85. The summed E-state index contributed by atoms with van der Waals surface area (Å²) < 4.78 is 9.49. The van der Waals surface area contributed by atoms with Crippen molar-refractivity contribution >= 4 is 5.97 Å². The number of nitrogens with two attached hydrogens (primary N) is 1. The highest BCUT2D eigenvalue weighted by atomic mass is 16.5. The first-order valence-corrected chi connectivity index (χ1v) is 4.49. The van der Waals surface area contributed by atoms with Gasteiger partial charge in [-0.05, 0) is 18.1 Å². The van der Waals surface area contributed by atoms with E-state index in [9.17, 15) is 4.79 Å². The third kappa shape index (κ3) is 3.21. The normalized spacial score (nSPS) is 11.9. The first-order chi connectivity index (χ1) is 7.17. The lowest BCUT2D eigenvalue weighted by Gasteiger charge is -2.09. The third-order valence-corrected chi connectivity index (χ3v) is 1.97. The van der Waals surface area contributed by atoms with Crippen LogP contribution in [0.4, 0.5) is 0 Å². The van der Waals surface area contributed by atoms with Crippen LogP contribution in [0.1, 0.15) is 5.56 Å². The summed E-state index contributed by atoms with van der Waals surface area (Å²) in [6.45, 7) is 0. The van der Waals surface area contributed by atoms with Crippen LogP contribution >= 0.6 is 0 Å². The summed E-state index contributed by atoms with van der Waals surface area (Å²) in [5.74, 6) is 0.0790. The highest BCUT2D eigenvalue weighted by Crippen LogP contribution is 2.10. The second-order valence-corrected chi connectivity index (χ2v) is 3.04. The molecule has 0 radical (unpaired) electrons. The van der Waals surface area contributed by atoms with Crippen molar-refractivity contribution in [2.75, 3.05) is 14.2 Å². The molecule has 0 saturated heterocycles.